The molecule has 5 nitrogen and oxygen atoms in total. The lowest BCUT2D eigenvalue weighted by molar-refractivity contribution is 0.0761. The second-order valence-electron chi connectivity index (χ2n) is 7.02. The van der Waals surface area contributed by atoms with E-state index in [1.54, 1.807) is 24.3 Å². The Hall–Kier alpha value is -3.73. The predicted molar refractivity (Wildman–Crippen MR) is 114 cm³/mol. The molecule has 144 valence electrons. The molecule has 0 spiro atoms. The van der Waals surface area contributed by atoms with Crippen LogP contribution in [-0.4, -0.2) is 29.0 Å². The first kappa shape index (κ1) is 18.6. The van der Waals surface area contributed by atoms with Gasteiger partial charge in [0, 0.05) is 23.6 Å². The fourth-order valence-electron chi connectivity index (χ4n) is 3.54. The Labute approximate surface area is 169 Å². The van der Waals surface area contributed by atoms with Crippen LogP contribution in [0.25, 0.3) is 0 Å². The van der Waals surface area contributed by atoms with Crippen molar-refractivity contribution in [2.45, 2.75) is 6.42 Å². The smallest absolute Gasteiger partial charge is 0.276 e. The number of hydrogen-bond donors (Lipinski definition) is 1. The molecule has 3 aromatic rings. The second kappa shape index (κ2) is 8.10. The van der Waals surface area contributed by atoms with E-state index in [0.29, 0.717) is 23.4 Å². The molecule has 1 amide bonds. The highest BCUT2D eigenvalue weighted by Gasteiger charge is 2.33. The van der Waals surface area contributed by atoms with Gasteiger partial charge >= 0.3 is 0 Å². The van der Waals surface area contributed by atoms with E-state index < -0.39 is 0 Å². The van der Waals surface area contributed by atoms with E-state index in [2.05, 4.69) is 5.10 Å². The molecule has 4 rings (SSSR count). The van der Waals surface area contributed by atoms with Gasteiger partial charge in [-0.2, -0.15) is 5.10 Å². The van der Waals surface area contributed by atoms with Gasteiger partial charge in [0.25, 0.3) is 5.91 Å². The molecule has 0 radical (unpaired) electrons. The third-order valence-electron chi connectivity index (χ3n) is 5.03. The molecule has 1 atom stereocenters. The molecule has 0 unspecified atom stereocenters. The summed E-state index contributed by atoms with van der Waals surface area (Å²) in [4.78, 5) is 25.8. The quantitative estimate of drug-likeness (QED) is 0.534. The maximum atomic E-state index is 13.0. The molecular formula is C24H21N3O2. The van der Waals surface area contributed by atoms with Gasteiger partial charge in [0.05, 0.1) is 17.8 Å². The van der Waals surface area contributed by atoms with Crippen LogP contribution in [0, 0.1) is 5.92 Å². The number of rotatable bonds is 5. The van der Waals surface area contributed by atoms with Crippen molar-refractivity contribution in [3.63, 3.8) is 0 Å². The van der Waals surface area contributed by atoms with Gasteiger partial charge in [-0.15, -0.1) is 0 Å². The number of nitrogens with zero attached hydrogens (tertiary/aromatic N) is 2. The van der Waals surface area contributed by atoms with Gasteiger partial charge in [0.15, 0.2) is 5.78 Å². The summed E-state index contributed by atoms with van der Waals surface area (Å²) in [6.45, 7) is 0.343. The van der Waals surface area contributed by atoms with E-state index in [1.807, 2.05) is 60.7 Å². The number of hydrogen-bond acceptors (Lipinski definition) is 4. The predicted octanol–water partition coefficient (Wildman–Crippen LogP) is 4.02. The number of hydrazone groups is 1. The number of nitrogen functional groups attached to an aromatic ring is 1. The van der Waals surface area contributed by atoms with Crippen molar-refractivity contribution in [2.75, 3.05) is 12.3 Å². The molecule has 5 heteroatoms. The molecular weight excluding hydrogens is 362 g/mol. The highest BCUT2D eigenvalue weighted by atomic mass is 16.2. The fraction of sp³-hybridized carbons (Fsp3) is 0.125. The Morgan fingerprint density at radius 1 is 0.897 bits per heavy atom. The summed E-state index contributed by atoms with van der Waals surface area (Å²) in [5.74, 6) is -0.405. The van der Waals surface area contributed by atoms with Gasteiger partial charge in [-0.1, -0.05) is 72.8 Å². The summed E-state index contributed by atoms with van der Waals surface area (Å²) >= 11 is 0. The number of Topliss-reactive ketones (excluding diaryl/α,β-unsaturated/α-hetero) is 1. The zero-order valence-corrected chi connectivity index (χ0v) is 15.9. The van der Waals surface area contributed by atoms with Crippen molar-refractivity contribution in [1.82, 2.24) is 5.01 Å². The van der Waals surface area contributed by atoms with Crippen LogP contribution in [0.5, 0.6) is 0 Å². The average Bonchev–Trinajstić information content (AvgIpc) is 3.18. The van der Waals surface area contributed by atoms with E-state index >= 15 is 0 Å². The molecule has 0 saturated heterocycles. The summed E-state index contributed by atoms with van der Waals surface area (Å²) < 4.78 is 0. The van der Waals surface area contributed by atoms with Crippen molar-refractivity contribution in [3.8, 4) is 0 Å². The number of benzene rings is 3. The first-order chi connectivity index (χ1) is 14.1. The van der Waals surface area contributed by atoms with Crippen LogP contribution in [0.4, 0.5) is 5.69 Å². The van der Waals surface area contributed by atoms with Crippen LogP contribution in [-0.2, 0) is 0 Å². The largest absolute Gasteiger partial charge is 0.398 e. The van der Waals surface area contributed by atoms with Crippen molar-refractivity contribution in [2.24, 2.45) is 11.0 Å². The number of anilines is 1. The van der Waals surface area contributed by atoms with Crippen molar-refractivity contribution in [1.29, 1.82) is 0 Å². The van der Waals surface area contributed by atoms with Crippen LogP contribution in [0.1, 0.15) is 32.7 Å². The van der Waals surface area contributed by atoms with Gasteiger partial charge in [-0.3, -0.25) is 9.59 Å². The standard InChI is InChI=1S/C24H21N3O2/c25-21-14-8-7-13-20(21)24(29)27-16-19(15-22(28)17-9-3-1-4-10-17)23(26-27)18-11-5-2-6-12-18/h1-14,19H,15-16,25H2/t19-/m1/s1. The zero-order chi connectivity index (χ0) is 20.2. The van der Waals surface area contributed by atoms with E-state index in [1.165, 1.54) is 5.01 Å². The lowest BCUT2D eigenvalue weighted by atomic mass is 9.91. The lowest BCUT2D eigenvalue weighted by Gasteiger charge is -2.15. The number of amides is 1. The second-order valence-corrected chi connectivity index (χ2v) is 7.02. The normalized spacial score (nSPS) is 15.8. The van der Waals surface area contributed by atoms with Gasteiger partial charge < -0.3 is 5.73 Å². The van der Waals surface area contributed by atoms with Crippen LogP contribution in [0.2, 0.25) is 0 Å². The van der Waals surface area contributed by atoms with Crippen molar-refractivity contribution in [3.05, 3.63) is 102 Å². The van der Waals surface area contributed by atoms with E-state index in [9.17, 15) is 9.59 Å². The van der Waals surface area contributed by atoms with Crippen LogP contribution in [0.3, 0.4) is 0 Å². The van der Waals surface area contributed by atoms with Gasteiger partial charge in [0.2, 0.25) is 0 Å². The zero-order valence-electron chi connectivity index (χ0n) is 15.9. The summed E-state index contributed by atoms with van der Waals surface area (Å²) in [5.41, 5.74) is 9.13. The number of carbonyl (C=O) groups excluding carboxylic acids is 2. The molecule has 0 aromatic heterocycles. The number of carbonyl (C=O) groups is 2. The molecule has 1 aliphatic heterocycles. The SMILES string of the molecule is Nc1ccccc1C(=O)N1C[C@@H](CC(=O)c2ccccc2)C(c2ccccc2)=N1. The van der Waals surface area contributed by atoms with Crippen molar-refractivity contribution < 1.29 is 9.59 Å². The number of nitrogens with two attached hydrogens (primary N) is 1. The Bertz CT molecular complexity index is 1060. The topological polar surface area (TPSA) is 75.8 Å². The minimum absolute atomic E-state index is 0.0350. The minimum Gasteiger partial charge on any atom is -0.398 e. The molecule has 29 heavy (non-hydrogen) atoms. The van der Waals surface area contributed by atoms with E-state index in [4.69, 9.17) is 5.73 Å². The van der Waals surface area contributed by atoms with E-state index in [0.717, 1.165) is 11.3 Å². The highest BCUT2D eigenvalue weighted by molar-refractivity contribution is 6.09. The van der Waals surface area contributed by atoms with Crippen LogP contribution in [0.15, 0.2) is 90.0 Å². The van der Waals surface area contributed by atoms with Crippen LogP contribution >= 0.6 is 0 Å². The highest BCUT2D eigenvalue weighted by Crippen LogP contribution is 2.26. The fourth-order valence-corrected chi connectivity index (χ4v) is 3.54. The van der Waals surface area contributed by atoms with Crippen LogP contribution < -0.4 is 5.73 Å². The third kappa shape index (κ3) is 3.94. The summed E-state index contributed by atoms with van der Waals surface area (Å²) in [6.07, 6.45) is 0.284. The lowest BCUT2D eigenvalue weighted by Crippen LogP contribution is -2.28. The molecule has 0 bridgehead atoms. The Balaban J connectivity index is 1.63. The first-order valence-electron chi connectivity index (χ1n) is 9.52. The Morgan fingerprint density at radius 3 is 2.21 bits per heavy atom. The van der Waals surface area contributed by atoms with Gasteiger partial charge in [0.1, 0.15) is 0 Å². The molecule has 3 aromatic carbocycles. The Kier molecular flexibility index (Phi) is 5.20. The third-order valence-corrected chi connectivity index (χ3v) is 5.03. The van der Waals surface area contributed by atoms with Gasteiger partial charge in [-0.25, -0.2) is 5.01 Å². The van der Waals surface area contributed by atoms with E-state index in [-0.39, 0.29) is 24.0 Å². The molecule has 1 aliphatic rings. The summed E-state index contributed by atoms with van der Waals surface area (Å²) in [7, 11) is 0. The maximum absolute atomic E-state index is 13.0. The van der Waals surface area contributed by atoms with Gasteiger partial charge in [-0.05, 0) is 17.7 Å². The summed E-state index contributed by atoms with van der Waals surface area (Å²) in [6, 6.07) is 25.8. The summed E-state index contributed by atoms with van der Waals surface area (Å²) in [5, 5.41) is 6.02. The maximum Gasteiger partial charge on any atom is 0.276 e. The molecule has 2 N–H and O–H groups in total. The first-order valence-corrected chi connectivity index (χ1v) is 9.52. The molecule has 0 fully saturated rings. The number of ketones is 1. The van der Waals surface area contributed by atoms with Crippen molar-refractivity contribution >= 4 is 23.1 Å². The minimum atomic E-state index is -0.258. The molecule has 1 heterocycles. The number of para-hydroxylation sites is 1. The average molecular weight is 383 g/mol. The Morgan fingerprint density at radius 2 is 1.52 bits per heavy atom. The molecule has 0 aliphatic carbocycles. The molecule has 0 saturated carbocycles. The monoisotopic (exact) mass is 383 g/mol.